The molecule has 1 rings (SSSR count). The summed E-state index contributed by atoms with van der Waals surface area (Å²) in [5.41, 5.74) is 0. The van der Waals surface area contributed by atoms with E-state index in [9.17, 15) is 13.6 Å². The van der Waals surface area contributed by atoms with Crippen LogP contribution in [0.5, 0.6) is 0 Å². The molecule has 0 saturated carbocycles. The lowest BCUT2D eigenvalue weighted by Crippen LogP contribution is -2.72. The van der Waals surface area contributed by atoms with E-state index >= 15 is 0 Å². The van der Waals surface area contributed by atoms with Gasteiger partial charge in [-0.05, 0) is 12.8 Å². The molecule has 1 saturated heterocycles. The summed E-state index contributed by atoms with van der Waals surface area (Å²) in [6, 6.07) is -1.48. The topological polar surface area (TPSA) is 40.5 Å². The van der Waals surface area contributed by atoms with Crippen LogP contribution in [-0.4, -0.2) is 40.5 Å². The third-order valence-corrected chi connectivity index (χ3v) is 3.43. The van der Waals surface area contributed by atoms with Crippen LogP contribution in [0.2, 0.25) is 0 Å². The lowest BCUT2D eigenvalue weighted by atomic mass is 9.89. The summed E-state index contributed by atoms with van der Waals surface area (Å²) >= 11 is 0. The molecule has 17 heavy (non-hydrogen) atoms. The molecule has 1 fully saturated rings. The number of unbranched alkanes of at least 4 members (excludes halogenated alkanes) is 2. The van der Waals surface area contributed by atoms with E-state index in [1.165, 1.54) is 4.90 Å². The van der Waals surface area contributed by atoms with Crippen LogP contribution in [0.25, 0.3) is 0 Å². The van der Waals surface area contributed by atoms with Crippen molar-refractivity contribution >= 4 is 5.91 Å². The van der Waals surface area contributed by atoms with Crippen LogP contribution in [0.4, 0.5) is 8.78 Å². The molecule has 0 aliphatic carbocycles. The molecule has 100 valence electrons. The lowest BCUT2D eigenvalue weighted by Gasteiger charge is -2.50. The van der Waals surface area contributed by atoms with Crippen molar-refractivity contribution in [2.24, 2.45) is 0 Å². The van der Waals surface area contributed by atoms with Crippen LogP contribution in [0.1, 0.15) is 46.0 Å². The second-order valence-corrected chi connectivity index (χ2v) is 4.59. The Hall–Kier alpha value is -0.710. The zero-order valence-electron chi connectivity index (χ0n) is 10.5. The van der Waals surface area contributed by atoms with Crippen LogP contribution < -0.4 is 0 Å². The maximum atomic E-state index is 13.4. The van der Waals surface area contributed by atoms with Gasteiger partial charge in [0.05, 0.1) is 12.6 Å². The normalized spacial score (nSPS) is 24.6. The SMILES string of the molecule is CCCCC[C@@H]1N([C@@H](CC)CO)C(=O)C1(F)F. The minimum atomic E-state index is -3.23. The number of hydrogen-bond acceptors (Lipinski definition) is 2. The van der Waals surface area contributed by atoms with Crippen molar-refractivity contribution in [3.05, 3.63) is 0 Å². The number of carbonyl (C=O) groups excluding carboxylic acids is 1. The van der Waals surface area contributed by atoms with Gasteiger partial charge < -0.3 is 10.0 Å². The molecule has 3 nitrogen and oxygen atoms in total. The van der Waals surface area contributed by atoms with E-state index in [0.29, 0.717) is 19.3 Å². The molecule has 0 unspecified atom stereocenters. The Kier molecular flexibility index (Phi) is 4.86. The summed E-state index contributed by atoms with van der Waals surface area (Å²) in [5, 5.41) is 9.10. The largest absolute Gasteiger partial charge is 0.394 e. The number of aliphatic hydroxyl groups is 1. The van der Waals surface area contributed by atoms with Crippen molar-refractivity contribution in [2.45, 2.75) is 64.0 Å². The predicted octanol–water partition coefficient (Wildman–Crippen LogP) is 2.18. The minimum absolute atomic E-state index is 0.247. The Morgan fingerprint density at radius 2 is 2.06 bits per heavy atom. The third-order valence-electron chi connectivity index (χ3n) is 3.43. The molecular formula is C12H21F2NO2. The van der Waals surface area contributed by atoms with Crippen molar-refractivity contribution in [1.29, 1.82) is 0 Å². The number of likely N-dealkylation sites (tertiary alicyclic amines) is 1. The van der Waals surface area contributed by atoms with Crippen LogP contribution >= 0.6 is 0 Å². The molecule has 0 bridgehead atoms. The first kappa shape index (κ1) is 14.4. The zero-order valence-corrected chi connectivity index (χ0v) is 10.5. The molecule has 0 aromatic carbocycles. The van der Waals surface area contributed by atoms with E-state index in [0.717, 1.165) is 12.8 Å². The fourth-order valence-electron chi connectivity index (χ4n) is 2.31. The lowest BCUT2D eigenvalue weighted by molar-refractivity contribution is -0.213. The average molecular weight is 249 g/mol. The zero-order chi connectivity index (χ0) is 13.1. The smallest absolute Gasteiger partial charge is 0.344 e. The molecule has 1 aliphatic heterocycles. The fraction of sp³-hybridized carbons (Fsp3) is 0.917. The van der Waals surface area contributed by atoms with Gasteiger partial charge in [0.25, 0.3) is 5.91 Å². The maximum Gasteiger partial charge on any atom is 0.344 e. The Labute approximate surface area is 101 Å². The number of β-lactam (4-membered cyclic amide) rings is 1. The molecule has 0 aromatic rings. The standard InChI is InChI=1S/C12H21F2NO2/c1-3-5-6-7-10-12(13,14)11(17)15(10)9(4-2)8-16/h9-10,16H,3-8H2,1-2H3/t9-,10-/m0/s1. The van der Waals surface area contributed by atoms with Gasteiger partial charge in [0.15, 0.2) is 0 Å². The molecule has 0 radical (unpaired) electrons. The molecule has 5 heteroatoms. The predicted molar refractivity (Wildman–Crippen MR) is 60.9 cm³/mol. The minimum Gasteiger partial charge on any atom is -0.394 e. The fourth-order valence-corrected chi connectivity index (χ4v) is 2.31. The van der Waals surface area contributed by atoms with E-state index in [1.807, 2.05) is 6.92 Å². The second-order valence-electron chi connectivity index (χ2n) is 4.59. The molecule has 1 amide bonds. The van der Waals surface area contributed by atoms with E-state index in [1.54, 1.807) is 6.92 Å². The number of aliphatic hydroxyl groups excluding tert-OH is 1. The van der Waals surface area contributed by atoms with E-state index in [4.69, 9.17) is 5.11 Å². The summed E-state index contributed by atoms with van der Waals surface area (Å²) < 4.78 is 26.9. The van der Waals surface area contributed by atoms with Crippen LogP contribution in [0, 0.1) is 0 Å². The number of hydrogen-bond donors (Lipinski definition) is 1. The Morgan fingerprint density at radius 1 is 1.41 bits per heavy atom. The van der Waals surface area contributed by atoms with E-state index in [2.05, 4.69) is 0 Å². The van der Waals surface area contributed by atoms with Gasteiger partial charge in [0, 0.05) is 0 Å². The van der Waals surface area contributed by atoms with E-state index < -0.39 is 23.9 Å². The molecule has 1 heterocycles. The number of rotatable bonds is 7. The Morgan fingerprint density at radius 3 is 2.53 bits per heavy atom. The van der Waals surface area contributed by atoms with Gasteiger partial charge in [0.1, 0.15) is 6.04 Å². The highest BCUT2D eigenvalue weighted by atomic mass is 19.3. The molecule has 2 atom stereocenters. The number of amides is 1. The number of carbonyl (C=O) groups is 1. The van der Waals surface area contributed by atoms with Crippen molar-refractivity contribution in [2.75, 3.05) is 6.61 Å². The van der Waals surface area contributed by atoms with Gasteiger partial charge in [-0.1, -0.05) is 33.1 Å². The number of alkyl halides is 2. The van der Waals surface area contributed by atoms with Gasteiger partial charge in [0.2, 0.25) is 0 Å². The van der Waals surface area contributed by atoms with Crippen molar-refractivity contribution in [3.63, 3.8) is 0 Å². The van der Waals surface area contributed by atoms with Gasteiger partial charge in [-0.15, -0.1) is 0 Å². The first-order valence-corrected chi connectivity index (χ1v) is 6.32. The first-order chi connectivity index (χ1) is 8.00. The number of nitrogens with zero attached hydrogens (tertiary/aromatic N) is 1. The summed E-state index contributed by atoms with van der Waals surface area (Å²) in [6.07, 6.45) is 3.38. The van der Waals surface area contributed by atoms with E-state index in [-0.39, 0.29) is 6.61 Å². The molecule has 1 N–H and O–H groups in total. The molecule has 0 aromatic heterocycles. The van der Waals surface area contributed by atoms with Gasteiger partial charge in [-0.2, -0.15) is 8.78 Å². The highest BCUT2D eigenvalue weighted by molar-refractivity contribution is 5.91. The first-order valence-electron chi connectivity index (χ1n) is 6.32. The molecular weight excluding hydrogens is 228 g/mol. The highest BCUT2D eigenvalue weighted by Gasteiger charge is 2.64. The summed E-state index contributed by atoms with van der Waals surface area (Å²) in [7, 11) is 0. The second kappa shape index (κ2) is 5.76. The quantitative estimate of drug-likeness (QED) is 0.555. The summed E-state index contributed by atoms with van der Waals surface area (Å²) in [6.45, 7) is 3.54. The molecule has 0 spiro atoms. The highest BCUT2D eigenvalue weighted by Crippen LogP contribution is 2.41. The monoisotopic (exact) mass is 249 g/mol. The average Bonchev–Trinajstić information content (AvgIpc) is 2.32. The summed E-state index contributed by atoms with van der Waals surface area (Å²) in [4.78, 5) is 12.5. The van der Waals surface area contributed by atoms with Crippen molar-refractivity contribution in [1.82, 2.24) is 4.90 Å². The van der Waals surface area contributed by atoms with Crippen LogP contribution in [0.15, 0.2) is 0 Å². The maximum absolute atomic E-state index is 13.4. The number of halogens is 2. The third kappa shape index (κ3) is 2.59. The van der Waals surface area contributed by atoms with Gasteiger partial charge in [-0.25, -0.2) is 0 Å². The van der Waals surface area contributed by atoms with Crippen molar-refractivity contribution < 1.29 is 18.7 Å². The summed E-state index contributed by atoms with van der Waals surface area (Å²) in [5.74, 6) is -4.35. The van der Waals surface area contributed by atoms with Crippen LogP contribution in [0.3, 0.4) is 0 Å². The Balaban J connectivity index is 2.65. The van der Waals surface area contributed by atoms with Gasteiger partial charge in [-0.3, -0.25) is 4.79 Å². The molecule has 1 aliphatic rings. The Bertz CT molecular complexity index is 267. The van der Waals surface area contributed by atoms with Gasteiger partial charge >= 0.3 is 5.92 Å². The van der Waals surface area contributed by atoms with Crippen LogP contribution in [-0.2, 0) is 4.79 Å². The van der Waals surface area contributed by atoms with Crippen molar-refractivity contribution in [3.8, 4) is 0 Å².